The van der Waals surface area contributed by atoms with Crippen molar-refractivity contribution in [1.29, 1.82) is 0 Å². The zero-order chi connectivity index (χ0) is 14.2. The molecular formula is C15H25N3O2. The van der Waals surface area contributed by atoms with Gasteiger partial charge in [0.05, 0.1) is 6.61 Å². The number of aromatic nitrogens is 1. The van der Waals surface area contributed by atoms with Crippen LogP contribution in [0.3, 0.4) is 0 Å². The number of hydrogen-bond acceptors (Lipinski definition) is 5. The fourth-order valence-electron chi connectivity index (χ4n) is 2.76. The van der Waals surface area contributed by atoms with Gasteiger partial charge in [-0.25, -0.2) is 0 Å². The van der Waals surface area contributed by atoms with Gasteiger partial charge in [-0.1, -0.05) is 0 Å². The van der Waals surface area contributed by atoms with Gasteiger partial charge in [-0.3, -0.25) is 4.98 Å². The average Bonchev–Trinajstić information content (AvgIpc) is 2.49. The molecule has 0 radical (unpaired) electrons. The molecule has 5 nitrogen and oxygen atoms in total. The van der Waals surface area contributed by atoms with Crippen molar-refractivity contribution < 1.29 is 9.84 Å². The van der Waals surface area contributed by atoms with E-state index in [4.69, 9.17) is 9.84 Å². The maximum absolute atomic E-state index is 9.07. The van der Waals surface area contributed by atoms with Gasteiger partial charge in [-0.15, -0.1) is 0 Å². The van der Waals surface area contributed by atoms with E-state index in [1.807, 2.05) is 12.4 Å². The number of hydrogen-bond donors (Lipinski definition) is 2. The lowest BCUT2D eigenvalue weighted by Crippen LogP contribution is -2.47. The molecule has 0 spiro atoms. The highest BCUT2D eigenvalue weighted by Gasteiger charge is 2.21. The molecule has 1 aromatic rings. The largest absolute Gasteiger partial charge is 0.396 e. The minimum absolute atomic E-state index is 0.205. The Morgan fingerprint density at radius 1 is 1.40 bits per heavy atom. The maximum atomic E-state index is 9.07. The molecule has 0 aromatic carbocycles. The van der Waals surface area contributed by atoms with Crippen molar-refractivity contribution in [1.82, 2.24) is 10.3 Å². The second-order valence-corrected chi connectivity index (χ2v) is 5.30. The molecule has 1 aliphatic heterocycles. The summed E-state index contributed by atoms with van der Waals surface area (Å²) in [7, 11) is 1.71. The highest BCUT2D eigenvalue weighted by Crippen LogP contribution is 2.19. The van der Waals surface area contributed by atoms with Crippen LogP contribution in [-0.4, -0.2) is 55.6 Å². The van der Waals surface area contributed by atoms with E-state index < -0.39 is 0 Å². The van der Waals surface area contributed by atoms with Crippen molar-refractivity contribution in [2.75, 3.05) is 38.3 Å². The minimum Gasteiger partial charge on any atom is -0.396 e. The Morgan fingerprint density at radius 2 is 2.10 bits per heavy atom. The van der Waals surface area contributed by atoms with Crippen molar-refractivity contribution in [2.45, 2.75) is 31.3 Å². The molecule has 1 atom stereocenters. The SMILES string of the molecule is COCC(CCO)NC1CCN(c2ccncc2)CC1. The number of nitrogens with one attached hydrogen (secondary N) is 1. The van der Waals surface area contributed by atoms with E-state index in [-0.39, 0.29) is 12.6 Å². The van der Waals surface area contributed by atoms with Gasteiger partial charge >= 0.3 is 0 Å². The first-order chi connectivity index (χ1) is 9.83. The summed E-state index contributed by atoms with van der Waals surface area (Å²) >= 11 is 0. The Labute approximate surface area is 121 Å². The number of anilines is 1. The molecule has 2 heterocycles. The van der Waals surface area contributed by atoms with E-state index in [0.29, 0.717) is 12.6 Å². The zero-order valence-corrected chi connectivity index (χ0v) is 12.2. The van der Waals surface area contributed by atoms with Crippen LogP contribution >= 0.6 is 0 Å². The minimum atomic E-state index is 0.205. The van der Waals surface area contributed by atoms with Crippen LogP contribution in [0.15, 0.2) is 24.5 Å². The molecule has 20 heavy (non-hydrogen) atoms. The topological polar surface area (TPSA) is 57.6 Å². The first-order valence-corrected chi connectivity index (χ1v) is 7.34. The average molecular weight is 279 g/mol. The fourth-order valence-corrected chi connectivity index (χ4v) is 2.76. The van der Waals surface area contributed by atoms with Crippen molar-refractivity contribution in [3.63, 3.8) is 0 Å². The number of pyridine rings is 1. The zero-order valence-electron chi connectivity index (χ0n) is 12.2. The molecule has 2 rings (SSSR count). The smallest absolute Gasteiger partial charge is 0.0616 e. The summed E-state index contributed by atoms with van der Waals surface area (Å²) in [5, 5.41) is 12.7. The van der Waals surface area contributed by atoms with Gasteiger partial charge in [0.2, 0.25) is 0 Å². The number of rotatable bonds is 7. The van der Waals surface area contributed by atoms with Gasteiger partial charge in [0, 0.05) is 57.0 Å². The van der Waals surface area contributed by atoms with Crippen molar-refractivity contribution in [3.8, 4) is 0 Å². The van der Waals surface area contributed by atoms with Crippen LogP contribution in [0.25, 0.3) is 0 Å². The van der Waals surface area contributed by atoms with Crippen LogP contribution < -0.4 is 10.2 Å². The van der Waals surface area contributed by atoms with E-state index in [1.54, 1.807) is 7.11 Å². The van der Waals surface area contributed by atoms with E-state index >= 15 is 0 Å². The summed E-state index contributed by atoms with van der Waals surface area (Å²) in [6, 6.07) is 4.89. The molecule has 5 heteroatoms. The van der Waals surface area contributed by atoms with E-state index in [1.165, 1.54) is 5.69 Å². The first-order valence-electron chi connectivity index (χ1n) is 7.34. The molecule has 1 fully saturated rings. The molecule has 0 bridgehead atoms. The molecule has 112 valence electrons. The molecule has 2 N–H and O–H groups in total. The summed E-state index contributed by atoms with van der Waals surface area (Å²) in [5.41, 5.74) is 1.25. The normalized spacial score (nSPS) is 18.2. The fraction of sp³-hybridized carbons (Fsp3) is 0.667. The lowest BCUT2D eigenvalue weighted by molar-refractivity contribution is 0.139. The summed E-state index contributed by atoms with van der Waals surface area (Å²) in [6.45, 7) is 2.98. The first kappa shape index (κ1) is 15.2. The summed E-state index contributed by atoms with van der Waals surface area (Å²) in [5.74, 6) is 0. The number of methoxy groups -OCH3 is 1. The Bertz CT molecular complexity index is 361. The van der Waals surface area contributed by atoms with Crippen LogP contribution in [-0.2, 0) is 4.74 Å². The van der Waals surface area contributed by atoms with Crippen LogP contribution in [0.2, 0.25) is 0 Å². The molecule has 0 saturated carbocycles. The lowest BCUT2D eigenvalue weighted by Gasteiger charge is -2.35. The van der Waals surface area contributed by atoms with Crippen LogP contribution in [0.4, 0.5) is 5.69 Å². The molecule has 1 aromatic heterocycles. The number of piperidine rings is 1. The quantitative estimate of drug-likeness (QED) is 0.781. The van der Waals surface area contributed by atoms with Gasteiger partial charge in [0.15, 0.2) is 0 Å². The van der Waals surface area contributed by atoms with Gasteiger partial charge < -0.3 is 20.1 Å². The van der Waals surface area contributed by atoms with Crippen molar-refractivity contribution in [2.24, 2.45) is 0 Å². The summed E-state index contributed by atoms with van der Waals surface area (Å²) in [4.78, 5) is 6.46. The lowest BCUT2D eigenvalue weighted by atomic mass is 10.0. The van der Waals surface area contributed by atoms with E-state index in [2.05, 4.69) is 27.3 Å². The summed E-state index contributed by atoms with van der Waals surface area (Å²) in [6.07, 6.45) is 6.67. The molecule has 1 aliphatic rings. The standard InChI is InChI=1S/C15H25N3O2/c1-20-12-14(6-11-19)17-13-4-9-18(10-5-13)15-2-7-16-8-3-15/h2-3,7-8,13-14,17,19H,4-6,9-12H2,1H3. The molecule has 1 saturated heterocycles. The third-order valence-electron chi connectivity index (χ3n) is 3.84. The molecule has 0 amide bonds. The van der Waals surface area contributed by atoms with Gasteiger partial charge in [-0.05, 0) is 31.4 Å². The third-order valence-corrected chi connectivity index (χ3v) is 3.84. The maximum Gasteiger partial charge on any atom is 0.0616 e. The van der Waals surface area contributed by atoms with Crippen molar-refractivity contribution in [3.05, 3.63) is 24.5 Å². The number of ether oxygens (including phenoxy) is 1. The monoisotopic (exact) mass is 279 g/mol. The van der Waals surface area contributed by atoms with Crippen LogP contribution in [0.5, 0.6) is 0 Å². The van der Waals surface area contributed by atoms with Crippen molar-refractivity contribution >= 4 is 5.69 Å². The van der Waals surface area contributed by atoms with Gasteiger partial charge in [-0.2, -0.15) is 0 Å². The Balaban J connectivity index is 1.79. The molecule has 1 unspecified atom stereocenters. The Morgan fingerprint density at radius 3 is 2.70 bits per heavy atom. The molecule has 0 aliphatic carbocycles. The predicted molar refractivity (Wildman–Crippen MR) is 80.0 cm³/mol. The van der Waals surface area contributed by atoms with Gasteiger partial charge in [0.25, 0.3) is 0 Å². The van der Waals surface area contributed by atoms with E-state index in [0.717, 1.165) is 32.4 Å². The second kappa shape index (κ2) is 8.19. The van der Waals surface area contributed by atoms with Crippen LogP contribution in [0, 0.1) is 0 Å². The highest BCUT2D eigenvalue weighted by molar-refractivity contribution is 5.44. The number of aliphatic hydroxyl groups excluding tert-OH is 1. The third kappa shape index (κ3) is 4.44. The van der Waals surface area contributed by atoms with Gasteiger partial charge in [0.1, 0.15) is 0 Å². The number of nitrogens with zero attached hydrogens (tertiary/aromatic N) is 2. The Kier molecular flexibility index (Phi) is 6.24. The summed E-state index contributed by atoms with van der Waals surface area (Å²) < 4.78 is 5.20. The van der Waals surface area contributed by atoms with E-state index in [9.17, 15) is 0 Å². The molecular weight excluding hydrogens is 254 g/mol. The number of aliphatic hydroxyl groups is 1. The predicted octanol–water partition coefficient (Wildman–Crippen LogP) is 1.04. The highest BCUT2D eigenvalue weighted by atomic mass is 16.5. The Hall–Kier alpha value is -1.17. The second-order valence-electron chi connectivity index (χ2n) is 5.30. The van der Waals surface area contributed by atoms with Crippen LogP contribution in [0.1, 0.15) is 19.3 Å².